The normalized spacial score (nSPS) is 11.9. The van der Waals surface area contributed by atoms with Gasteiger partial charge in [0.1, 0.15) is 5.52 Å². The van der Waals surface area contributed by atoms with Gasteiger partial charge >= 0.3 is 5.97 Å². The van der Waals surface area contributed by atoms with Crippen LogP contribution in [0.4, 0.5) is 0 Å². The molecule has 2 N–H and O–H groups in total. The van der Waals surface area contributed by atoms with Crippen LogP contribution < -0.4 is 5.32 Å². The second kappa shape index (κ2) is 10.5. The highest BCUT2D eigenvalue weighted by molar-refractivity contribution is 6.09. The van der Waals surface area contributed by atoms with Crippen molar-refractivity contribution in [3.05, 3.63) is 137 Å². The number of carboxylic acid groups (broad SMARTS) is 1. The summed E-state index contributed by atoms with van der Waals surface area (Å²) in [4.78, 5) is 24.9. The molecule has 1 aromatic heterocycles. The van der Waals surface area contributed by atoms with Gasteiger partial charge in [0.2, 0.25) is 0 Å². The number of amides is 1. The van der Waals surface area contributed by atoms with E-state index in [0.717, 1.165) is 33.0 Å². The summed E-state index contributed by atoms with van der Waals surface area (Å²) in [7, 11) is 0. The smallest absolute Gasteiger partial charge is 0.335 e. The maximum Gasteiger partial charge on any atom is 0.335 e. The van der Waals surface area contributed by atoms with Gasteiger partial charge in [0.05, 0.1) is 16.5 Å². The fourth-order valence-corrected chi connectivity index (χ4v) is 5.04. The molecule has 0 aliphatic heterocycles. The number of hydrogen-bond acceptors (Lipinski definition) is 4. The van der Waals surface area contributed by atoms with Crippen molar-refractivity contribution in [3.63, 3.8) is 0 Å². The summed E-state index contributed by atoms with van der Waals surface area (Å²) in [5, 5.41) is 19.5. The van der Waals surface area contributed by atoms with Crippen LogP contribution in [-0.4, -0.2) is 22.1 Å². The molecule has 6 aromatic rings. The number of rotatable bonds is 7. The van der Waals surface area contributed by atoms with Crippen molar-refractivity contribution in [2.24, 2.45) is 0 Å². The number of nitrogens with one attached hydrogen (secondary N) is 1. The summed E-state index contributed by atoms with van der Waals surface area (Å²) in [6.07, 6.45) is 0. The topological polar surface area (TPSA) is 92.4 Å². The van der Waals surface area contributed by atoms with Crippen molar-refractivity contribution in [3.8, 4) is 11.1 Å². The summed E-state index contributed by atoms with van der Waals surface area (Å²) < 4.78 is 5.94. The largest absolute Gasteiger partial charge is 0.478 e. The fourth-order valence-electron chi connectivity index (χ4n) is 5.04. The average molecular weight is 527 g/mol. The lowest BCUT2D eigenvalue weighted by Crippen LogP contribution is -2.23. The van der Waals surface area contributed by atoms with Crippen molar-refractivity contribution < 1.29 is 19.2 Å². The van der Waals surface area contributed by atoms with Crippen LogP contribution in [0.1, 0.15) is 50.4 Å². The van der Waals surface area contributed by atoms with E-state index in [2.05, 4.69) is 47.7 Å². The van der Waals surface area contributed by atoms with Crippen molar-refractivity contribution in [2.45, 2.75) is 19.4 Å². The summed E-state index contributed by atoms with van der Waals surface area (Å²) in [5.74, 6) is -0.773. The molecule has 0 aliphatic carbocycles. The minimum absolute atomic E-state index is 0.146. The molecule has 5 aromatic carbocycles. The van der Waals surface area contributed by atoms with Crippen LogP contribution in [0.3, 0.4) is 0 Å². The molecule has 0 bridgehead atoms. The van der Waals surface area contributed by atoms with Gasteiger partial charge in [-0.05, 0) is 57.3 Å². The Bertz CT molecular complexity index is 1860. The number of fused-ring (bicyclic) bond motifs is 2. The van der Waals surface area contributed by atoms with Gasteiger partial charge in [-0.2, -0.15) is 0 Å². The van der Waals surface area contributed by atoms with Gasteiger partial charge in [-0.3, -0.25) is 4.79 Å². The standard InChI is InChI=1S/C34H26N2O4/c1-21(26-16-15-24-9-5-6-10-27(24)17-26)32-31-29(33(37)35-20-22-11-13-25(14-12-22)34(38)39)18-28(19-30(31)36-40-32)23-7-3-2-4-8-23/h2-19,21H,20H2,1H3,(H,35,37)(H,38,39)/t21-/m0/s1. The van der Waals surface area contributed by atoms with Crippen LogP contribution in [0.15, 0.2) is 114 Å². The van der Waals surface area contributed by atoms with Crippen molar-refractivity contribution in [2.75, 3.05) is 0 Å². The van der Waals surface area contributed by atoms with Gasteiger partial charge in [0.15, 0.2) is 5.76 Å². The van der Waals surface area contributed by atoms with E-state index in [1.807, 2.05) is 54.6 Å². The highest BCUT2D eigenvalue weighted by Gasteiger charge is 2.24. The molecule has 6 rings (SSSR count). The molecule has 0 saturated carbocycles. The number of carbonyl (C=O) groups excluding carboxylic acids is 1. The molecule has 1 atom stereocenters. The molecule has 0 aliphatic rings. The van der Waals surface area contributed by atoms with Crippen LogP contribution in [-0.2, 0) is 6.54 Å². The third kappa shape index (κ3) is 4.83. The minimum atomic E-state index is -0.990. The monoisotopic (exact) mass is 526 g/mol. The maximum atomic E-state index is 13.7. The molecule has 0 unspecified atom stereocenters. The molecule has 6 nitrogen and oxygen atoms in total. The van der Waals surface area contributed by atoms with Gasteiger partial charge < -0.3 is 14.9 Å². The maximum absolute atomic E-state index is 13.7. The molecule has 6 heteroatoms. The summed E-state index contributed by atoms with van der Waals surface area (Å²) in [6, 6.07) is 34.7. The van der Waals surface area contributed by atoms with E-state index in [-0.39, 0.29) is 23.9 Å². The second-order valence-corrected chi connectivity index (χ2v) is 9.84. The third-order valence-electron chi connectivity index (χ3n) is 7.28. The van der Waals surface area contributed by atoms with E-state index in [1.54, 1.807) is 12.1 Å². The van der Waals surface area contributed by atoms with Crippen LogP contribution in [0.2, 0.25) is 0 Å². The predicted octanol–water partition coefficient (Wildman–Crippen LogP) is 7.43. The van der Waals surface area contributed by atoms with E-state index >= 15 is 0 Å². The molecule has 1 heterocycles. The average Bonchev–Trinajstić information content (AvgIpc) is 3.43. The number of hydrogen-bond donors (Lipinski definition) is 2. The van der Waals surface area contributed by atoms with Crippen LogP contribution in [0, 0.1) is 0 Å². The number of nitrogens with zero attached hydrogens (tertiary/aromatic N) is 1. The predicted molar refractivity (Wildman–Crippen MR) is 155 cm³/mol. The molecular formula is C34H26N2O4. The zero-order valence-corrected chi connectivity index (χ0v) is 21.8. The van der Waals surface area contributed by atoms with E-state index < -0.39 is 5.97 Å². The van der Waals surface area contributed by atoms with Crippen LogP contribution in [0.5, 0.6) is 0 Å². The summed E-state index contributed by atoms with van der Waals surface area (Å²) in [6.45, 7) is 2.30. The Morgan fingerprint density at radius 2 is 1.55 bits per heavy atom. The van der Waals surface area contributed by atoms with Gasteiger partial charge in [-0.1, -0.05) is 97.0 Å². The molecule has 0 radical (unpaired) electrons. The molecule has 0 spiro atoms. The van der Waals surface area contributed by atoms with E-state index in [9.17, 15) is 9.59 Å². The highest BCUT2D eigenvalue weighted by atomic mass is 16.5. The Balaban J connectivity index is 1.40. The Morgan fingerprint density at radius 3 is 2.30 bits per heavy atom. The van der Waals surface area contributed by atoms with Crippen molar-refractivity contribution in [1.29, 1.82) is 0 Å². The number of carboxylic acids is 1. The third-order valence-corrected chi connectivity index (χ3v) is 7.28. The molecule has 40 heavy (non-hydrogen) atoms. The lowest BCUT2D eigenvalue weighted by Gasteiger charge is -2.13. The Kier molecular flexibility index (Phi) is 6.58. The zero-order valence-electron chi connectivity index (χ0n) is 21.8. The number of benzene rings is 5. The van der Waals surface area contributed by atoms with E-state index in [1.165, 1.54) is 12.1 Å². The molecule has 196 valence electrons. The summed E-state index contributed by atoms with van der Waals surface area (Å²) >= 11 is 0. The lowest BCUT2D eigenvalue weighted by atomic mass is 9.91. The molecule has 0 saturated heterocycles. The zero-order chi connectivity index (χ0) is 27.6. The molecular weight excluding hydrogens is 500 g/mol. The number of aromatic carboxylic acids is 1. The van der Waals surface area contributed by atoms with Gasteiger partial charge in [-0.25, -0.2) is 4.79 Å². The van der Waals surface area contributed by atoms with E-state index in [4.69, 9.17) is 9.63 Å². The van der Waals surface area contributed by atoms with Gasteiger partial charge in [0, 0.05) is 12.5 Å². The first-order valence-electron chi connectivity index (χ1n) is 13.1. The number of aromatic nitrogens is 1. The highest BCUT2D eigenvalue weighted by Crippen LogP contribution is 2.36. The van der Waals surface area contributed by atoms with Crippen LogP contribution >= 0.6 is 0 Å². The summed E-state index contributed by atoms with van der Waals surface area (Å²) in [5.41, 5.74) is 4.97. The van der Waals surface area contributed by atoms with Crippen molar-refractivity contribution in [1.82, 2.24) is 10.5 Å². The van der Waals surface area contributed by atoms with Gasteiger partial charge in [-0.15, -0.1) is 0 Å². The molecule has 0 fully saturated rings. The SMILES string of the molecule is C[C@@H](c1ccc2ccccc2c1)c1onc2cc(-c3ccccc3)cc(C(=O)NCc3ccc(C(=O)O)cc3)c12. The Hall–Kier alpha value is -5.23. The number of carbonyl (C=O) groups is 2. The van der Waals surface area contributed by atoms with E-state index in [0.29, 0.717) is 22.2 Å². The first-order chi connectivity index (χ1) is 19.5. The van der Waals surface area contributed by atoms with Crippen molar-refractivity contribution >= 4 is 33.6 Å². The van der Waals surface area contributed by atoms with Crippen LogP contribution in [0.25, 0.3) is 32.8 Å². The first kappa shape index (κ1) is 25.1. The minimum Gasteiger partial charge on any atom is -0.478 e. The van der Waals surface area contributed by atoms with Gasteiger partial charge in [0.25, 0.3) is 5.91 Å². The first-order valence-corrected chi connectivity index (χ1v) is 13.1. The fraction of sp³-hybridized carbons (Fsp3) is 0.0882. The second-order valence-electron chi connectivity index (χ2n) is 9.84. The quantitative estimate of drug-likeness (QED) is 0.226. The Labute approximate surface area is 230 Å². The molecule has 1 amide bonds. The Morgan fingerprint density at radius 1 is 0.825 bits per heavy atom. The lowest BCUT2D eigenvalue weighted by molar-refractivity contribution is 0.0696.